The molecule has 0 radical (unpaired) electrons. The fourth-order valence-electron chi connectivity index (χ4n) is 3.46. The topological polar surface area (TPSA) is 27.7 Å². The van der Waals surface area contributed by atoms with Gasteiger partial charge in [-0.15, -0.1) is 0 Å². The van der Waals surface area contributed by atoms with E-state index in [4.69, 9.17) is 14.2 Å². The molecule has 0 atom stereocenters. The predicted molar refractivity (Wildman–Crippen MR) is 124 cm³/mol. The van der Waals surface area contributed by atoms with Crippen molar-refractivity contribution in [3.8, 4) is 5.75 Å². The average Bonchev–Trinajstić information content (AvgIpc) is 2.75. The van der Waals surface area contributed by atoms with Gasteiger partial charge < -0.3 is 14.2 Å². The Kier molecular flexibility index (Phi) is 19.4. The van der Waals surface area contributed by atoms with E-state index in [2.05, 4.69) is 6.92 Å². The second kappa shape index (κ2) is 21.6. The normalized spacial score (nSPS) is 11.1. The third-order valence-electron chi connectivity index (χ3n) is 5.25. The van der Waals surface area contributed by atoms with Crippen molar-refractivity contribution in [3.05, 3.63) is 30.3 Å². The molecule has 1 aromatic rings. The number of para-hydroxylation sites is 1. The van der Waals surface area contributed by atoms with Crippen LogP contribution in [0.3, 0.4) is 0 Å². The molecule has 0 fully saturated rings. The zero-order chi connectivity index (χ0) is 20.7. The molecule has 29 heavy (non-hydrogen) atoms. The minimum atomic E-state index is 0.586. The van der Waals surface area contributed by atoms with E-state index in [9.17, 15) is 0 Å². The highest BCUT2D eigenvalue weighted by Gasteiger charge is 1.96. The summed E-state index contributed by atoms with van der Waals surface area (Å²) in [7, 11) is 0. The molecule has 1 rings (SSSR count). The zero-order valence-corrected chi connectivity index (χ0v) is 19.0. The fourth-order valence-corrected chi connectivity index (χ4v) is 3.46. The number of hydrogen-bond acceptors (Lipinski definition) is 3. The standard InChI is InChI=1S/C26H46O3/c1-2-3-4-5-6-7-8-9-10-11-12-13-14-18-21-27-22-23-28-24-25-29-26-19-16-15-17-20-26/h15-17,19-20H,2-14,18,21-25H2,1H3. The average molecular weight is 407 g/mol. The summed E-state index contributed by atoms with van der Waals surface area (Å²) in [5, 5.41) is 0. The quantitative estimate of drug-likeness (QED) is 0.186. The van der Waals surface area contributed by atoms with Crippen LogP contribution in [0.25, 0.3) is 0 Å². The summed E-state index contributed by atoms with van der Waals surface area (Å²) in [5.74, 6) is 0.894. The molecular formula is C26H46O3. The van der Waals surface area contributed by atoms with Gasteiger partial charge in [0.25, 0.3) is 0 Å². The number of benzene rings is 1. The molecule has 0 aromatic heterocycles. The summed E-state index contributed by atoms with van der Waals surface area (Å²) in [6, 6.07) is 9.85. The Labute approximate surface area is 180 Å². The maximum atomic E-state index is 5.64. The molecule has 0 amide bonds. The third-order valence-corrected chi connectivity index (χ3v) is 5.25. The van der Waals surface area contributed by atoms with Crippen molar-refractivity contribution in [2.45, 2.75) is 96.8 Å². The maximum Gasteiger partial charge on any atom is 0.119 e. The first-order valence-electron chi connectivity index (χ1n) is 12.3. The van der Waals surface area contributed by atoms with Gasteiger partial charge in [0.2, 0.25) is 0 Å². The van der Waals surface area contributed by atoms with Gasteiger partial charge in [0.1, 0.15) is 12.4 Å². The maximum absolute atomic E-state index is 5.64. The van der Waals surface area contributed by atoms with Crippen LogP contribution in [-0.2, 0) is 9.47 Å². The summed E-state index contributed by atoms with van der Waals surface area (Å²) >= 11 is 0. The van der Waals surface area contributed by atoms with Crippen LogP contribution in [0, 0.1) is 0 Å². The lowest BCUT2D eigenvalue weighted by Crippen LogP contribution is -2.11. The molecule has 0 bridgehead atoms. The Balaban J connectivity index is 1.66. The Morgan fingerprint density at radius 1 is 0.483 bits per heavy atom. The van der Waals surface area contributed by atoms with Crippen LogP contribution in [0.15, 0.2) is 30.3 Å². The number of ether oxygens (including phenoxy) is 3. The van der Waals surface area contributed by atoms with E-state index in [-0.39, 0.29) is 0 Å². The second-order valence-corrected chi connectivity index (χ2v) is 7.98. The van der Waals surface area contributed by atoms with Crippen LogP contribution in [0.5, 0.6) is 5.75 Å². The first kappa shape index (κ1) is 26.0. The first-order valence-corrected chi connectivity index (χ1v) is 12.3. The first-order chi connectivity index (χ1) is 14.4. The lowest BCUT2D eigenvalue weighted by molar-refractivity contribution is 0.0352. The van der Waals surface area contributed by atoms with E-state index in [1.165, 1.54) is 89.9 Å². The molecule has 0 aliphatic heterocycles. The summed E-state index contributed by atoms with van der Waals surface area (Å²) in [6.07, 6.45) is 19.5. The monoisotopic (exact) mass is 406 g/mol. The molecule has 0 N–H and O–H groups in total. The van der Waals surface area contributed by atoms with E-state index < -0.39 is 0 Å². The van der Waals surface area contributed by atoms with Crippen LogP contribution in [0.1, 0.15) is 96.8 Å². The van der Waals surface area contributed by atoms with Crippen molar-refractivity contribution >= 4 is 0 Å². The van der Waals surface area contributed by atoms with Crippen LogP contribution < -0.4 is 4.74 Å². The predicted octanol–water partition coefficient (Wildman–Crippen LogP) is 7.58. The van der Waals surface area contributed by atoms with Crippen molar-refractivity contribution in [2.24, 2.45) is 0 Å². The van der Waals surface area contributed by atoms with Gasteiger partial charge in [0.15, 0.2) is 0 Å². The molecule has 0 heterocycles. The summed E-state index contributed by atoms with van der Waals surface area (Å²) < 4.78 is 16.7. The summed E-state index contributed by atoms with van der Waals surface area (Å²) in [6.45, 7) is 5.68. The largest absolute Gasteiger partial charge is 0.491 e. The molecule has 1 aromatic carbocycles. The molecular weight excluding hydrogens is 360 g/mol. The number of hydrogen-bond donors (Lipinski definition) is 0. The van der Waals surface area contributed by atoms with Gasteiger partial charge in [-0.05, 0) is 18.6 Å². The summed E-state index contributed by atoms with van der Waals surface area (Å²) in [4.78, 5) is 0. The van der Waals surface area contributed by atoms with Crippen molar-refractivity contribution in [1.29, 1.82) is 0 Å². The molecule has 168 valence electrons. The Hall–Kier alpha value is -1.06. The van der Waals surface area contributed by atoms with Crippen LogP contribution in [0.2, 0.25) is 0 Å². The minimum absolute atomic E-state index is 0.586. The molecule has 0 aliphatic rings. The Morgan fingerprint density at radius 2 is 0.931 bits per heavy atom. The third kappa shape index (κ3) is 18.7. The molecule has 0 saturated heterocycles. The van der Waals surface area contributed by atoms with E-state index in [0.29, 0.717) is 26.4 Å². The molecule has 0 saturated carbocycles. The van der Waals surface area contributed by atoms with Crippen molar-refractivity contribution in [1.82, 2.24) is 0 Å². The van der Waals surface area contributed by atoms with Gasteiger partial charge in [-0.1, -0.05) is 109 Å². The molecule has 3 nitrogen and oxygen atoms in total. The van der Waals surface area contributed by atoms with E-state index in [1.54, 1.807) is 0 Å². The van der Waals surface area contributed by atoms with Crippen molar-refractivity contribution < 1.29 is 14.2 Å². The van der Waals surface area contributed by atoms with Crippen LogP contribution >= 0.6 is 0 Å². The van der Waals surface area contributed by atoms with E-state index in [0.717, 1.165) is 12.4 Å². The lowest BCUT2D eigenvalue weighted by atomic mass is 10.0. The summed E-state index contributed by atoms with van der Waals surface area (Å²) in [5.41, 5.74) is 0. The molecule has 3 heteroatoms. The lowest BCUT2D eigenvalue weighted by Gasteiger charge is -2.07. The van der Waals surface area contributed by atoms with E-state index in [1.807, 2.05) is 30.3 Å². The van der Waals surface area contributed by atoms with Crippen molar-refractivity contribution in [2.75, 3.05) is 33.0 Å². The van der Waals surface area contributed by atoms with Gasteiger partial charge in [-0.3, -0.25) is 0 Å². The SMILES string of the molecule is CCCCCCCCCCCCCCCCOCCOCCOc1ccccc1. The van der Waals surface area contributed by atoms with Crippen molar-refractivity contribution in [3.63, 3.8) is 0 Å². The number of unbranched alkanes of at least 4 members (excludes halogenated alkanes) is 13. The smallest absolute Gasteiger partial charge is 0.119 e. The van der Waals surface area contributed by atoms with Gasteiger partial charge >= 0.3 is 0 Å². The Bertz CT molecular complexity index is 421. The Morgan fingerprint density at radius 3 is 1.48 bits per heavy atom. The second-order valence-electron chi connectivity index (χ2n) is 7.98. The fraction of sp³-hybridized carbons (Fsp3) is 0.769. The van der Waals surface area contributed by atoms with Gasteiger partial charge in [-0.25, -0.2) is 0 Å². The highest BCUT2D eigenvalue weighted by atomic mass is 16.5. The highest BCUT2D eigenvalue weighted by Crippen LogP contribution is 2.13. The van der Waals surface area contributed by atoms with Crippen LogP contribution in [-0.4, -0.2) is 33.0 Å². The van der Waals surface area contributed by atoms with Gasteiger partial charge in [-0.2, -0.15) is 0 Å². The molecule has 0 aliphatic carbocycles. The van der Waals surface area contributed by atoms with Gasteiger partial charge in [0, 0.05) is 6.61 Å². The molecule has 0 spiro atoms. The van der Waals surface area contributed by atoms with Gasteiger partial charge in [0.05, 0.1) is 19.8 Å². The zero-order valence-electron chi connectivity index (χ0n) is 19.0. The highest BCUT2D eigenvalue weighted by molar-refractivity contribution is 5.20. The van der Waals surface area contributed by atoms with E-state index >= 15 is 0 Å². The minimum Gasteiger partial charge on any atom is -0.491 e. The molecule has 0 unspecified atom stereocenters. The number of rotatable bonds is 22. The van der Waals surface area contributed by atoms with Crippen LogP contribution in [0.4, 0.5) is 0 Å².